The maximum atomic E-state index is 13.4. The number of anilines is 2. The SMILES string of the molecule is COc1ccccc1NC(=O)CSC1=N/C(=C\c2ccccc2)C(=O)N1c1ccc(F)cc1. The minimum atomic E-state index is -0.409. The first-order valence-corrected chi connectivity index (χ1v) is 11.0. The van der Waals surface area contributed by atoms with Gasteiger partial charge < -0.3 is 10.1 Å². The molecule has 166 valence electrons. The Labute approximate surface area is 194 Å². The molecule has 1 aliphatic rings. The minimum Gasteiger partial charge on any atom is -0.495 e. The number of halogens is 1. The third-order valence-electron chi connectivity index (χ3n) is 4.73. The number of rotatable bonds is 6. The molecule has 0 spiro atoms. The predicted molar refractivity (Wildman–Crippen MR) is 130 cm³/mol. The number of hydrogen-bond donors (Lipinski definition) is 1. The number of ether oxygens (including phenoxy) is 1. The van der Waals surface area contributed by atoms with Gasteiger partial charge in [-0.1, -0.05) is 54.2 Å². The third kappa shape index (κ3) is 5.30. The highest BCUT2D eigenvalue weighted by molar-refractivity contribution is 8.14. The van der Waals surface area contributed by atoms with Crippen LogP contribution in [0.5, 0.6) is 5.75 Å². The number of hydrogen-bond acceptors (Lipinski definition) is 5. The Morgan fingerprint density at radius 1 is 1.06 bits per heavy atom. The number of nitrogens with one attached hydrogen (secondary N) is 1. The van der Waals surface area contributed by atoms with Gasteiger partial charge >= 0.3 is 0 Å². The quantitative estimate of drug-likeness (QED) is 0.528. The fraction of sp³-hybridized carbons (Fsp3) is 0.0800. The lowest BCUT2D eigenvalue weighted by Gasteiger charge is -2.17. The lowest BCUT2D eigenvalue weighted by molar-refractivity contribution is -0.114. The van der Waals surface area contributed by atoms with Crippen molar-refractivity contribution in [1.82, 2.24) is 0 Å². The van der Waals surface area contributed by atoms with Gasteiger partial charge in [0.05, 0.1) is 24.2 Å². The summed E-state index contributed by atoms with van der Waals surface area (Å²) in [6, 6.07) is 22.0. The largest absolute Gasteiger partial charge is 0.495 e. The first-order valence-electron chi connectivity index (χ1n) is 10.1. The van der Waals surface area contributed by atoms with Crippen LogP contribution in [0.1, 0.15) is 5.56 Å². The molecule has 0 atom stereocenters. The molecular weight excluding hydrogens is 441 g/mol. The first kappa shape index (κ1) is 22.3. The maximum Gasteiger partial charge on any atom is 0.283 e. The number of amidine groups is 1. The first-order chi connectivity index (χ1) is 16.0. The van der Waals surface area contributed by atoms with Crippen LogP contribution in [0.2, 0.25) is 0 Å². The van der Waals surface area contributed by atoms with Crippen LogP contribution in [0, 0.1) is 5.82 Å². The van der Waals surface area contributed by atoms with Gasteiger partial charge in [-0.3, -0.25) is 14.5 Å². The van der Waals surface area contributed by atoms with E-state index in [0.717, 1.165) is 17.3 Å². The summed E-state index contributed by atoms with van der Waals surface area (Å²) >= 11 is 1.12. The molecule has 3 aromatic rings. The van der Waals surface area contributed by atoms with Gasteiger partial charge in [0, 0.05) is 0 Å². The van der Waals surface area contributed by atoms with Crippen LogP contribution in [0.25, 0.3) is 6.08 Å². The Balaban J connectivity index is 1.56. The molecule has 33 heavy (non-hydrogen) atoms. The summed E-state index contributed by atoms with van der Waals surface area (Å²) in [6.45, 7) is 0. The van der Waals surface area contributed by atoms with Crippen LogP contribution < -0.4 is 15.0 Å². The van der Waals surface area contributed by atoms with Gasteiger partial charge in [-0.05, 0) is 48.0 Å². The molecule has 4 rings (SSSR count). The van der Waals surface area contributed by atoms with Crippen molar-refractivity contribution in [1.29, 1.82) is 0 Å². The lowest BCUT2D eigenvalue weighted by atomic mass is 10.2. The number of carbonyl (C=O) groups is 2. The molecule has 0 saturated carbocycles. The van der Waals surface area contributed by atoms with Gasteiger partial charge in [-0.2, -0.15) is 0 Å². The van der Waals surface area contributed by atoms with Crippen LogP contribution in [0.4, 0.5) is 15.8 Å². The Morgan fingerprint density at radius 3 is 2.48 bits per heavy atom. The van der Waals surface area contributed by atoms with Crippen molar-refractivity contribution in [3.8, 4) is 5.75 Å². The minimum absolute atomic E-state index is 0.0144. The molecule has 0 bridgehead atoms. The fourth-order valence-electron chi connectivity index (χ4n) is 3.18. The van der Waals surface area contributed by atoms with Gasteiger partial charge in [-0.15, -0.1) is 0 Å². The van der Waals surface area contributed by atoms with E-state index >= 15 is 0 Å². The smallest absolute Gasteiger partial charge is 0.283 e. The zero-order valence-electron chi connectivity index (χ0n) is 17.7. The second-order valence-electron chi connectivity index (χ2n) is 6.99. The van der Waals surface area contributed by atoms with Gasteiger partial charge in [0.1, 0.15) is 17.3 Å². The Hall–Kier alpha value is -3.91. The molecule has 0 saturated heterocycles. The third-order valence-corrected chi connectivity index (χ3v) is 5.67. The van der Waals surface area contributed by atoms with Crippen molar-refractivity contribution in [2.45, 2.75) is 0 Å². The number of methoxy groups -OCH3 is 1. The van der Waals surface area contributed by atoms with E-state index in [1.54, 1.807) is 24.3 Å². The number of carbonyl (C=O) groups excluding carboxylic acids is 2. The number of nitrogens with zero attached hydrogens (tertiary/aromatic N) is 2. The van der Waals surface area contributed by atoms with Crippen LogP contribution >= 0.6 is 11.8 Å². The summed E-state index contributed by atoms with van der Waals surface area (Å²) in [5.74, 6) is -0.476. The number of para-hydroxylation sites is 2. The van der Waals surface area contributed by atoms with Crippen molar-refractivity contribution >= 4 is 46.2 Å². The van der Waals surface area contributed by atoms with Crippen molar-refractivity contribution in [3.05, 3.63) is 95.9 Å². The molecule has 0 fully saturated rings. The fourth-order valence-corrected chi connectivity index (χ4v) is 4.00. The van der Waals surface area contributed by atoms with Crippen LogP contribution in [0.3, 0.4) is 0 Å². The van der Waals surface area contributed by atoms with E-state index in [-0.39, 0.29) is 23.3 Å². The summed E-state index contributed by atoms with van der Waals surface area (Å²) in [5.41, 5.74) is 2.08. The zero-order valence-corrected chi connectivity index (χ0v) is 18.5. The topological polar surface area (TPSA) is 71.0 Å². The number of thioether (sulfide) groups is 1. The van der Waals surface area contributed by atoms with E-state index in [4.69, 9.17) is 4.74 Å². The summed E-state index contributed by atoms with van der Waals surface area (Å²) in [6.07, 6.45) is 1.68. The zero-order chi connectivity index (χ0) is 23.2. The molecule has 0 aromatic heterocycles. The summed E-state index contributed by atoms with van der Waals surface area (Å²) < 4.78 is 18.7. The highest BCUT2D eigenvalue weighted by Gasteiger charge is 2.32. The lowest BCUT2D eigenvalue weighted by Crippen LogP contribution is -2.31. The molecule has 8 heteroatoms. The van der Waals surface area contributed by atoms with Crippen molar-refractivity contribution in [2.24, 2.45) is 4.99 Å². The highest BCUT2D eigenvalue weighted by atomic mass is 32.2. The second kappa shape index (κ2) is 10.1. The van der Waals surface area contributed by atoms with Gasteiger partial charge in [0.15, 0.2) is 5.17 Å². The van der Waals surface area contributed by atoms with Crippen LogP contribution in [0.15, 0.2) is 89.6 Å². The Kier molecular flexibility index (Phi) is 6.85. The number of aliphatic imine (C=N–C) groups is 1. The van der Waals surface area contributed by atoms with Crippen molar-refractivity contribution in [2.75, 3.05) is 23.1 Å². The molecule has 0 aliphatic carbocycles. The average molecular weight is 462 g/mol. The molecule has 1 heterocycles. The average Bonchev–Trinajstić information content (AvgIpc) is 3.14. The molecule has 0 radical (unpaired) electrons. The van der Waals surface area contributed by atoms with Gasteiger partial charge in [0.2, 0.25) is 5.91 Å². The summed E-state index contributed by atoms with van der Waals surface area (Å²) in [5, 5.41) is 3.14. The van der Waals surface area contributed by atoms with Gasteiger partial charge in [-0.25, -0.2) is 9.38 Å². The van der Waals surface area contributed by atoms with E-state index in [1.165, 1.54) is 36.3 Å². The number of benzene rings is 3. The predicted octanol–water partition coefficient (Wildman–Crippen LogP) is 4.95. The molecule has 1 N–H and O–H groups in total. The Bertz CT molecular complexity index is 1230. The second-order valence-corrected chi connectivity index (χ2v) is 7.93. The standard InChI is InChI=1S/C25H20FN3O3S/c1-32-22-10-6-5-9-20(22)27-23(30)16-33-25-28-21(15-17-7-3-2-4-8-17)24(31)29(25)19-13-11-18(26)12-14-19/h2-15H,16H2,1H3,(H,27,30)/b21-15-. The molecule has 3 aromatic carbocycles. The summed E-state index contributed by atoms with van der Waals surface area (Å²) in [7, 11) is 1.53. The van der Waals surface area contributed by atoms with Crippen LogP contribution in [-0.4, -0.2) is 29.8 Å². The number of amides is 2. The van der Waals surface area contributed by atoms with E-state index < -0.39 is 5.82 Å². The van der Waals surface area contributed by atoms with E-state index in [1.807, 2.05) is 36.4 Å². The highest BCUT2D eigenvalue weighted by Crippen LogP contribution is 2.30. The van der Waals surface area contributed by atoms with Crippen molar-refractivity contribution in [3.63, 3.8) is 0 Å². The molecule has 6 nitrogen and oxygen atoms in total. The van der Waals surface area contributed by atoms with Gasteiger partial charge in [0.25, 0.3) is 5.91 Å². The monoisotopic (exact) mass is 461 g/mol. The normalized spacial score (nSPS) is 14.4. The van der Waals surface area contributed by atoms with E-state index in [2.05, 4.69) is 10.3 Å². The maximum absolute atomic E-state index is 13.4. The molecule has 1 aliphatic heterocycles. The van der Waals surface area contributed by atoms with Crippen molar-refractivity contribution < 1.29 is 18.7 Å². The summed E-state index contributed by atoms with van der Waals surface area (Å²) in [4.78, 5) is 31.6. The molecule has 0 unspecified atom stereocenters. The Morgan fingerprint density at radius 2 is 1.76 bits per heavy atom. The molecule has 2 amide bonds. The van der Waals surface area contributed by atoms with E-state index in [9.17, 15) is 14.0 Å². The van der Waals surface area contributed by atoms with E-state index in [0.29, 0.717) is 22.3 Å². The molecular formula is C25H20FN3O3S. The van der Waals surface area contributed by atoms with Crippen LogP contribution in [-0.2, 0) is 9.59 Å².